The predicted octanol–water partition coefficient (Wildman–Crippen LogP) is 4.38. The third-order valence-electron chi connectivity index (χ3n) is 6.91. The molecule has 1 heterocycles. The van der Waals surface area contributed by atoms with Crippen LogP contribution >= 0.6 is 0 Å². The molecule has 8 nitrogen and oxygen atoms in total. The van der Waals surface area contributed by atoms with Gasteiger partial charge >= 0.3 is 12.1 Å². The number of alkyl carbamates (subject to hydrolysis) is 1. The predicted molar refractivity (Wildman–Crippen MR) is 134 cm³/mol. The van der Waals surface area contributed by atoms with Gasteiger partial charge < -0.3 is 19.9 Å². The molecule has 1 saturated heterocycles. The Hall–Kier alpha value is -3.39. The molecule has 2 amide bonds. The first-order chi connectivity index (χ1) is 17.0. The lowest BCUT2D eigenvalue weighted by atomic mass is 9.98. The summed E-state index contributed by atoms with van der Waals surface area (Å²) in [6.45, 7) is 8.93. The lowest BCUT2D eigenvalue weighted by Gasteiger charge is -2.35. The number of carboxylic acid groups (broad SMARTS) is 1. The fraction of sp³-hybridized carbons (Fsp3) is 0.464. The van der Waals surface area contributed by atoms with Crippen LogP contribution < -0.4 is 5.32 Å². The SMILES string of the molecule is CC(C)C[C@H](NC(=O)OCC1c2ccccc2-c2ccccc21)C(=O)N1[C@H](C(=O)O)C(C)OC1(C)C. The van der Waals surface area contributed by atoms with Crippen molar-refractivity contribution < 1.29 is 29.0 Å². The third-order valence-corrected chi connectivity index (χ3v) is 6.91. The number of carbonyl (C=O) groups is 3. The van der Waals surface area contributed by atoms with Crippen LogP contribution in [0, 0.1) is 5.92 Å². The molecule has 1 fully saturated rings. The van der Waals surface area contributed by atoms with Gasteiger partial charge in [0.2, 0.25) is 5.91 Å². The molecule has 0 saturated carbocycles. The number of nitrogens with one attached hydrogen (secondary N) is 1. The first-order valence-electron chi connectivity index (χ1n) is 12.4. The molecule has 0 bridgehead atoms. The van der Waals surface area contributed by atoms with Gasteiger partial charge in [0.05, 0.1) is 6.10 Å². The first kappa shape index (κ1) is 25.7. The zero-order valence-corrected chi connectivity index (χ0v) is 21.4. The minimum Gasteiger partial charge on any atom is -0.480 e. The van der Waals surface area contributed by atoms with Crippen LogP contribution in [-0.2, 0) is 19.1 Å². The molecule has 1 aliphatic carbocycles. The van der Waals surface area contributed by atoms with Gasteiger partial charge in [-0.25, -0.2) is 9.59 Å². The van der Waals surface area contributed by atoms with Gasteiger partial charge in [0.1, 0.15) is 18.4 Å². The molecule has 8 heteroatoms. The number of fused-ring (bicyclic) bond motifs is 3. The molecule has 2 aliphatic rings. The second kappa shape index (κ2) is 9.93. The van der Waals surface area contributed by atoms with Gasteiger partial charge in [-0.05, 0) is 55.4 Å². The molecule has 2 aromatic carbocycles. The standard InChI is InChI=1S/C28H34N2O6/c1-16(2)14-23(25(31)30-24(26(32)33)17(3)36-28(30,4)5)29-27(34)35-15-22-20-12-8-6-10-18(20)19-11-7-9-13-21(19)22/h6-13,16-17,22-24H,14-15H2,1-5H3,(H,29,34)(H,32,33)/t17?,23-,24-/m0/s1. The summed E-state index contributed by atoms with van der Waals surface area (Å²) in [4.78, 5) is 39.7. The van der Waals surface area contributed by atoms with Crippen LogP contribution in [0.3, 0.4) is 0 Å². The summed E-state index contributed by atoms with van der Waals surface area (Å²) in [7, 11) is 0. The van der Waals surface area contributed by atoms with Gasteiger partial charge in [-0.15, -0.1) is 0 Å². The molecule has 0 aromatic heterocycles. The average Bonchev–Trinajstić information content (AvgIpc) is 3.26. The van der Waals surface area contributed by atoms with Gasteiger partial charge in [0, 0.05) is 5.92 Å². The molecule has 1 unspecified atom stereocenters. The first-order valence-corrected chi connectivity index (χ1v) is 12.4. The van der Waals surface area contributed by atoms with E-state index in [4.69, 9.17) is 9.47 Å². The Morgan fingerprint density at radius 3 is 2.14 bits per heavy atom. The smallest absolute Gasteiger partial charge is 0.407 e. The second-order valence-corrected chi connectivity index (χ2v) is 10.4. The highest BCUT2D eigenvalue weighted by Gasteiger charge is 2.53. The van der Waals surface area contributed by atoms with E-state index < -0.39 is 41.9 Å². The van der Waals surface area contributed by atoms with E-state index in [0.29, 0.717) is 6.42 Å². The number of aliphatic carboxylic acids is 1. The Morgan fingerprint density at radius 1 is 1.06 bits per heavy atom. The van der Waals surface area contributed by atoms with Crippen molar-refractivity contribution in [3.8, 4) is 11.1 Å². The number of hydrogen-bond acceptors (Lipinski definition) is 5. The van der Waals surface area contributed by atoms with Crippen LogP contribution in [0.1, 0.15) is 58.1 Å². The lowest BCUT2D eigenvalue weighted by molar-refractivity contribution is -0.157. The number of carboxylic acids is 1. The van der Waals surface area contributed by atoms with Crippen LogP contribution in [0.4, 0.5) is 4.79 Å². The van der Waals surface area contributed by atoms with Crippen molar-refractivity contribution in [1.82, 2.24) is 10.2 Å². The van der Waals surface area contributed by atoms with E-state index in [1.54, 1.807) is 20.8 Å². The highest BCUT2D eigenvalue weighted by Crippen LogP contribution is 2.44. The molecule has 2 N–H and O–H groups in total. The number of hydrogen-bond donors (Lipinski definition) is 2. The minimum absolute atomic E-state index is 0.0696. The van der Waals surface area contributed by atoms with E-state index in [-0.39, 0.29) is 18.4 Å². The van der Waals surface area contributed by atoms with E-state index in [1.807, 2.05) is 50.2 Å². The summed E-state index contributed by atoms with van der Waals surface area (Å²) in [5.41, 5.74) is 3.31. The second-order valence-electron chi connectivity index (χ2n) is 10.4. The Bertz CT molecular complexity index is 1110. The Labute approximate surface area is 211 Å². The van der Waals surface area contributed by atoms with Crippen LogP contribution in [0.5, 0.6) is 0 Å². The Balaban J connectivity index is 1.50. The van der Waals surface area contributed by atoms with Gasteiger partial charge in [-0.3, -0.25) is 9.69 Å². The largest absolute Gasteiger partial charge is 0.480 e. The maximum Gasteiger partial charge on any atom is 0.407 e. The molecule has 36 heavy (non-hydrogen) atoms. The highest BCUT2D eigenvalue weighted by molar-refractivity contribution is 5.90. The quantitative estimate of drug-likeness (QED) is 0.592. The topological polar surface area (TPSA) is 105 Å². The van der Waals surface area contributed by atoms with Crippen molar-refractivity contribution in [2.45, 2.75) is 70.9 Å². The van der Waals surface area contributed by atoms with Gasteiger partial charge in [-0.1, -0.05) is 62.4 Å². The van der Waals surface area contributed by atoms with E-state index in [2.05, 4.69) is 17.4 Å². The van der Waals surface area contributed by atoms with Gasteiger partial charge in [0.15, 0.2) is 6.04 Å². The maximum absolute atomic E-state index is 13.6. The summed E-state index contributed by atoms with van der Waals surface area (Å²) < 4.78 is 11.4. The Kier molecular flexibility index (Phi) is 7.09. The number of nitrogens with zero attached hydrogens (tertiary/aromatic N) is 1. The van der Waals surface area contributed by atoms with E-state index >= 15 is 0 Å². The zero-order chi connectivity index (χ0) is 26.2. The zero-order valence-electron chi connectivity index (χ0n) is 21.4. The number of benzene rings is 2. The fourth-order valence-corrected chi connectivity index (χ4v) is 5.48. The molecule has 4 rings (SSSR count). The molecule has 1 aliphatic heterocycles. The molecule has 3 atom stereocenters. The highest BCUT2D eigenvalue weighted by atomic mass is 16.6. The van der Waals surface area contributed by atoms with Crippen LogP contribution in [-0.4, -0.2) is 58.5 Å². The molecule has 0 radical (unpaired) electrons. The molecule has 0 spiro atoms. The van der Waals surface area contributed by atoms with Gasteiger partial charge in [-0.2, -0.15) is 0 Å². The third kappa shape index (κ3) is 4.82. The van der Waals surface area contributed by atoms with Crippen molar-refractivity contribution in [1.29, 1.82) is 0 Å². The number of amides is 2. The summed E-state index contributed by atoms with van der Waals surface area (Å²) in [5.74, 6) is -1.68. The van der Waals surface area contributed by atoms with Crippen molar-refractivity contribution in [3.63, 3.8) is 0 Å². The molecule has 2 aromatic rings. The van der Waals surface area contributed by atoms with Crippen LogP contribution in [0.25, 0.3) is 11.1 Å². The normalized spacial score (nSPS) is 21.1. The van der Waals surface area contributed by atoms with E-state index in [0.717, 1.165) is 22.3 Å². The number of ether oxygens (including phenoxy) is 2. The molecular weight excluding hydrogens is 460 g/mol. The summed E-state index contributed by atoms with van der Waals surface area (Å²) in [6.07, 6.45) is -1.07. The minimum atomic E-state index is -1.15. The van der Waals surface area contributed by atoms with Crippen molar-refractivity contribution >= 4 is 18.0 Å². The summed E-state index contributed by atoms with van der Waals surface area (Å²) in [5, 5.41) is 12.5. The summed E-state index contributed by atoms with van der Waals surface area (Å²) >= 11 is 0. The van der Waals surface area contributed by atoms with Gasteiger partial charge in [0.25, 0.3) is 0 Å². The van der Waals surface area contributed by atoms with Crippen LogP contribution in [0.2, 0.25) is 0 Å². The maximum atomic E-state index is 13.6. The van der Waals surface area contributed by atoms with Crippen molar-refractivity contribution in [3.05, 3.63) is 59.7 Å². The van der Waals surface area contributed by atoms with E-state index in [9.17, 15) is 19.5 Å². The molecule has 192 valence electrons. The monoisotopic (exact) mass is 494 g/mol. The van der Waals surface area contributed by atoms with Crippen LogP contribution in [0.15, 0.2) is 48.5 Å². The van der Waals surface area contributed by atoms with Crippen molar-refractivity contribution in [2.24, 2.45) is 5.92 Å². The Morgan fingerprint density at radius 2 is 1.61 bits per heavy atom. The van der Waals surface area contributed by atoms with Crippen molar-refractivity contribution in [2.75, 3.05) is 6.61 Å². The lowest BCUT2D eigenvalue weighted by Crippen LogP contribution is -2.58. The van der Waals surface area contributed by atoms with E-state index in [1.165, 1.54) is 4.90 Å². The fourth-order valence-electron chi connectivity index (χ4n) is 5.48. The number of rotatable bonds is 7. The summed E-state index contributed by atoms with van der Waals surface area (Å²) in [6, 6.07) is 14.0. The number of carbonyl (C=O) groups excluding carboxylic acids is 2. The average molecular weight is 495 g/mol. The molecular formula is C28H34N2O6.